The van der Waals surface area contributed by atoms with Crippen molar-refractivity contribution in [2.45, 2.75) is 38.7 Å². The van der Waals surface area contributed by atoms with Crippen LogP contribution in [0.4, 0.5) is 18.0 Å². The zero-order valence-corrected chi connectivity index (χ0v) is 8.59. The van der Waals surface area contributed by atoms with Gasteiger partial charge in [0.25, 0.3) is 0 Å². The molecule has 0 aromatic heterocycles. The molecule has 15 heavy (non-hydrogen) atoms. The molecule has 0 aliphatic heterocycles. The Balaban J connectivity index is 3.54. The maximum atomic E-state index is 12.0. The van der Waals surface area contributed by atoms with Gasteiger partial charge in [0.05, 0.1) is 0 Å². The van der Waals surface area contributed by atoms with E-state index in [0.29, 0.717) is 12.8 Å². The number of alkyl halides is 2. The minimum Gasteiger partial charge on any atom is -0.258 e. The molecule has 0 spiro atoms. The van der Waals surface area contributed by atoms with Gasteiger partial charge in [-0.25, -0.2) is 4.79 Å². The van der Waals surface area contributed by atoms with Gasteiger partial charge in [-0.15, -0.1) is 11.0 Å². The number of carbonyl (C=O) groups is 1. The number of hydrogen-bond acceptors (Lipinski definition) is 1. The first-order valence-electron chi connectivity index (χ1n) is 4.94. The molecule has 0 aliphatic rings. The molecule has 0 aromatic rings. The fourth-order valence-electron chi connectivity index (χ4n) is 1.19. The fourth-order valence-corrected chi connectivity index (χ4v) is 1.19. The summed E-state index contributed by atoms with van der Waals surface area (Å²) in [6.07, 6.45) is 3.56. The number of hydrogen-bond donors (Lipinski definition) is 0. The van der Waals surface area contributed by atoms with E-state index >= 15 is 0 Å². The first-order valence-corrected chi connectivity index (χ1v) is 4.94. The summed E-state index contributed by atoms with van der Waals surface area (Å²) in [7, 11) is 0. The molecule has 0 aromatic carbocycles. The van der Waals surface area contributed by atoms with Gasteiger partial charge in [0, 0.05) is 6.54 Å². The van der Waals surface area contributed by atoms with Crippen molar-refractivity contribution in [2.75, 3.05) is 6.54 Å². The van der Waals surface area contributed by atoms with E-state index in [1.54, 1.807) is 6.08 Å². The van der Waals surface area contributed by atoms with Crippen LogP contribution in [-0.4, -0.2) is 24.2 Å². The van der Waals surface area contributed by atoms with Crippen LogP contribution >= 0.6 is 0 Å². The van der Waals surface area contributed by atoms with E-state index < -0.39 is 12.7 Å². The summed E-state index contributed by atoms with van der Waals surface area (Å²) < 4.78 is 36.1. The van der Waals surface area contributed by atoms with Crippen molar-refractivity contribution in [1.82, 2.24) is 4.90 Å². The van der Waals surface area contributed by atoms with Gasteiger partial charge >= 0.3 is 12.7 Å². The zero-order valence-electron chi connectivity index (χ0n) is 8.59. The summed E-state index contributed by atoms with van der Waals surface area (Å²) in [5.74, 6) is 0. The van der Waals surface area contributed by atoms with Crippen LogP contribution in [0.15, 0.2) is 12.7 Å². The molecular formula is C10H16F3NO. The third-order valence-electron chi connectivity index (χ3n) is 2.02. The van der Waals surface area contributed by atoms with Crippen molar-refractivity contribution in [2.24, 2.45) is 0 Å². The lowest BCUT2D eigenvalue weighted by atomic mass is 10.1. The molecular weight excluding hydrogens is 207 g/mol. The third kappa shape index (κ3) is 6.99. The van der Waals surface area contributed by atoms with Crippen LogP contribution in [0.1, 0.15) is 32.1 Å². The maximum absolute atomic E-state index is 12.0. The molecule has 0 saturated carbocycles. The van der Waals surface area contributed by atoms with Gasteiger partial charge in [0.2, 0.25) is 0 Å². The number of unbranched alkanes of at least 4 members (excludes halogenated alkanes) is 4. The predicted octanol–water partition coefficient (Wildman–Crippen LogP) is 3.74. The van der Waals surface area contributed by atoms with Gasteiger partial charge in [0.1, 0.15) is 0 Å². The minimum absolute atomic E-state index is 0.0620. The van der Waals surface area contributed by atoms with E-state index in [4.69, 9.17) is 0 Å². The highest BCUT2D eigenvalue weighted by Gasteiger charge is 2.21. The quantitative estimate of drug-likeness (QED) is 0.266. The van der Waals surface area contributed by atoms with Crippen molar-refractivity contribution in [3.63, 3.8) is 0 Å². The molecule has 0 heterocycles. The Morgan fingerprint density at radius 3 is 2.33 bits per heavy atom. The van der Waals surface area contributed by atoms with Crippen LogP contribution in [0.5, 0.6) is 0 Å². The van der Waals surface area contributed by atoms with Crippen molar-refractivity contribution < 1.29 is 18.0 Å². The molecule has 0 fully saturated rings. The van der Waals surface area contributed by atoms with E-state index in [-0.39, 0.29) is 11.4 Å². The van der Waals surface area contributed by atoms with Crippen LogP contribution < -0.4 is 0 Å². The highest BCUT2D eigenvalue weighted by atomic mass is 19.3. The second kappa shape index (κ2) is 8.32. The maximum Gasteiger partial charge on any atom is 0.404 e. The minimum atomic E-state index is -3.05. The lowest BCUT2D eigenvalue weighted by Gasteiger charge is -2.16. The number of allylic oxidation sites excluding steroid dienone is 1. The van der Waals surface area contributed by atoms with Gasteiger partial charge in [0.15, 0.2) is 0 Å². The van der Waals surface area contributed by atoms with Crippen LogP contribution in [-0.2, 0) is 0 Å². The van der Waals surface area contributed by atoms with Gasteiger partial charge in [-0.1, -0.05) is 18.9 Å². The van der Waals surface area contributed by atoms with Crippen molar-refractivity contribution in [1.29, 1.82) is 0 Å². The Labute approximate surface area is 87.8 Å². The van der Waals surface area contributed by atoms with Gasteiger partial charge in [-0.05, 0) is 19.3 Å². The summed E-state index contributed by atoms with van der Waals surface area (Å²) in [4.78, 5) is 10.1. The molecule has 0 N–H and O–H groups in total. The summed E-state index contributed by atoms with van der Waals surface area (Å²) in [6, 6.07) is 0. The van der Waals surface area contributed by atoms with E-state index in [9.17, 15) is 18.0 Å². The Bertz CT molecular complexity index is 197. The standard InChI is InChI=1S/C10H16F3NO/c1-2-3-4-5-6-7-8-14(9(11)12)10(13)15/h2,9H,1,3-8H2. The monoisotopic (exact) mass is 223 g/mol. The first kappa shape index (κ1) is 14.0. The summed E-state index contributed by atoms with van der Waals surface area (Å²) in [5, 5.41) is 0. The number of nitrogens with zero attached hydrogens (tertiary/aromatic N) is 1. The largest absolute Gasteiger partial charge is 0.404 e. The average Bonchev–Trinajstić information content (AvgIpc) is 2.15. The molecule has 0 rings (SSSR count). The lowest BCUT2D eigenvalue weighted by molar-refractivity contribution is -0.00632. The Morgan fingerprint density at radius 2 is 1.87 bits per heavy atom. The second-order valence-corrected chi connectivity index (χ2v) is 3.22. The van der Waals surface area contributed by atoms with Crippen molar-refractivity contribution in [3.8, 4) is 0 Å². The molecule has 2 nitrogen and oxygen atoms in total. The van der Waals surface area contributed by atoms with Crippen LogP contribution in [0.2, 0.25) is 0 Å². The Hall–Kier alpha value is -1.00. The average molecular weight is 223 g/mol. The SMILES string of the molecule is C=CCCCCCCN(C(=O)F)C(F)F. The highest BCUT2D eigenvalue weighted by molar-refractivity contribution is 5.65. The zero-order chi connectivity index (χ0) is 11.7. The Kier molecular flexibility index (Phi) is 7.77. The summed E-state index contributed by atoms with van der Waals surface area (Å²) >= 11 is 0. The van der Waals surface area contributed by atoms with Gasteiger partial charge in [-0.3, -0.25) is 4.90 Å². The second-order valence-electron chi connectivity index (χ2n) is 3.22. The summed E-state index contributed by atoms with van der Waals surface area (Å²) in [5.41, 5.74) is 0. The molecule has 88 valence electrons. The molecule has 0 bridgehead atoms. The predicted molar refractivity (Wildman–Crippen MR) is 52.5 cm³/mol. The van der Waals surface area contributed by atoms with E-state index in [0.717, 1.165) is 19.3 Å². The topological polar surface area (TPSA) is 20.3 Å². The number of halogens is 3. The van der Waals surface area contributed by atoms with Crippen molar-refractivity contribution in [3.05, 3.63) is 12.7 Å². The molecule has 0 aliphatic carbocycles. The molecule has 5 heteroatoms. The fraction of sp³-hybridized carbons (Fsp3) is 0.700. The van der Waals surface area contributed by atoms with Crippen LogP contribution in [0, 0.1) is 0 Å². The molecule has 0 saturated heterocycles. The first-order chi connectivity index (χ1) is 7.09. The van der Waals surface area contributed by atoms with Gasteiger partial charge < -0.3 is 0 Å². The van der Waals surface area contributed by atoms with Crippen molar-refractivity contribution >= 4 is 6.16 Å². The van der Waals surface area contributed by atoms with Crippen LogP contribution in [0.25, 0.3) is 0 Å². The van der Waals surface area contributed by atoms with Crippen LogP contribution in [0.3, 0.4) is 0 Å². The molecule has 0 atom stereocenters. The summed E-state index contributed by atoms with van der Waals surface area (Å²) in [6.45, 7) is 0.285. The van der Waals surface area contributed by atoms with E-state index in [1.165, 1.54) is 0 Å². The van der Waals surface area contributed by atoms with E-state index in [2.05, 4.69) is 6.58 Å². The number of rotatable bonds is 8. The lowest BCUT2D eigenvalue weighted by Crippen LogP contribution is -2.32. The molecule has 0 unspecified atom stereocenters. The van der Waals surface area contributed by atoms with E-state index in [1.807, 2.05) is 0 Å². The number of carbonyl (C=O) groups excluding carboxylic acids is 1. The molecule has 1 amide bonds. The highest BCUT2D eigenvalue weighted by Crippen LogP contribution is 2.09. The number of amides is 1. The third-order valence-corrected chi connectivity index (χ3v) is 2.02. The Morgan fingerprint density at radius 1 is 1.27 bits per heavy atom. The normalized spacial score (nSPS) is 10.4. The smallest absolute Gasteiger partial charge is 0.258 e. The van der Waals surface area contributed by atoms with Gasteiger partial charge in [-0.2, -0.15) is 8.78 Å². The molecule has 0 radical (unpaired) electrons.